The summed E-state index contributed by atoms with van der Waals surface area (Å²) in [4.78, 5) is 2.43. The lowest BCUT2D eigenvalue weighted by Gasteiger charge is -2.44. The first-order valence-electron chi connectivity index (χ1n) is 9.06. The molecule has 2 bridgehead atoms. The van der Waals surface area contributed by atoms with E-state index in [1.54, 1.807) is 0 Å². The first-order chi connectivity index (χ1) is 12.5. The average Bonchev–Trinajstić information content (AvgIpc) is 2.86. The second-order valence-corrected chi connectivity index (χ2v) is 7.46. The van der Waals surface area contributed by atoms with E-state index in [1.807, 2.05) is 18.2 Å². The molecule has 2 aliphatic rings. The van der Waals surface area contributed by atoms with Crippen molar-refractivity contribution in [3.05, 3.63) is 65.2 Å². The Kier molecular flexibility index (Phi) is 4.45. The van der Waals surface area contributed by atoms with Crippen molar-refractivity contribution in [2.45, 2.75) is 49.9 Å². The number of halogens is 2. The first kappa shape index (κ1) is 17.4. The van der Waals surface area contributed by atoms with Crippen LogP contribution in [0.5, 0.6) is 5.75 Å². The summed E-state index contributed by atoms with van der Waals surface area (Å²) >= 11 is 0. The molecule has 2 aromatic rings. The van der Waals surface area contributed by atoms with Crippen molar-refractivity contribution in [3.63, 3.8) is 0 Å². The number of hydrogen-bond acceptors (Lipinski definition) is 3. The van der Waals surface area contributed by atoms with E-state index in [9.17, 15) is 13.9 Å². The van der Waals surface area contributed by atoms with Crippen molar-refractivity contribution in [1.82, 2.24) is 4.90 Å². The Hall–Kier alpha value is -1.98. The number of hydrogen-bond donors (Lipinski definition) is 1. The summed E-state index contributed by atoms with van der Waals surface area (Å²) in [6.07, 6.45) is 2.98. The molecule has 5 heteroatoms. The molecule has 0 spiro atoms. The van der Waals surface area contributed by atoms with Crippen molar-refractivity contribution in [2.75, 3.05) is 7.11 Å². The highest BCUT2D eigenvalue weighted by Gasteiger charge is 2.48. The molecule has 1 N–H and O–H groups in total. The summed E-state index contributed by atoms with van der Waals surface area (Å²) in [6.45, 7) is 0.845. The van der Waals surface area contributed by atoms with E-state index in [0.29, 0.717) is 18.4 Å². The van der Waals surface area contributed by atoms with Crippen LogP contribution in [0.4, 0.5) is 8.78 Å². The lowest BCUT2D eigenvalue weighted by Crippen LogP contribution is -2.49. The molecule has 2 unspecified atom stereocenters. The first-order valence-corrected chi connectivity index (χ1v) is 9.06. The van der Waals surface area contributed by atoms with Crippen molar-refractivity contribution >= 4 is 0 Å². The predicted octanol–water partition coefficient (Wildman–Crippen LogP) is 3.99. The van der Waals surface area contributed by atoms with Crippen LogP contribution in [0, 0.1) is 11.6 Å². The van der Waals surface area contributed by atoms with E-state index < -0.39 is 23.0 Å². The van der Waals surface area contributed by atoms with Gasteiger partial charge in [-0.3, -0.25) is 4.90 Å². The normalized spacial score (nSPS) is 28.3. The van der Waals surface area contributed by atoms with Gasteiger partial charge in [-0.2, -0.15) is 0 Å². The molecule has 2 aromatic carbocycles. The molecule has 0 aromatic heterocycles. The third kappa shape index (κ3) is 2.99. The zero-order valence-electron chi connectivity index (χ0n) is 14.8. The molecule has 26 heavy (non-hydrogen) atoms. The van der Waals surface area contributed by atoms with Gasteiger partial charge in [-0.1, -0.05) is 30.3 Å². The van der Waals surface area contributed by atoms with Crippen molar-refractivity contribution < 1.29 is 18.6 Å². The maximum atomic E-state index is 14.1. The minimum absolute atomic E-state index is 0.215. The minimum atomic E-state index is -1.20. The highest BCUT2D eigenvalue weighted by molar-refractivity contribution is 5.35. The van der Waals surface area contributed by atoms with Crippen LogP contribution in [-0.4, -0.2) is 29.2 Å². The van der Waals surface area contributed by atoms with Gasteiger partial charge in [0.25, 0.3) is 0 Å². The van der Waals surface area contributed by atoms with Crippen LogP contribution >= 0.6 is 0 Å². The number of aliphatic hydroxyl groups is 1. The number of ether oxygens (including phenoxy) is 1. The molecule has 0 radical (unpaired) electrons. The van der Waals surface area contributed by atoms with Crippen LogP contribution < -0.4 is 4.74 Å². The summed E-state index contributed by atoms with van der Waals surface area (Å²) < 4.78 is 33.0. The van der Waals surface area contributed by atoms with Crippen molar-refractivity contribution in [1.29, 1.82) is 0 Å². The summed E-state index contributed by atoms with van der Waals surface area (Å²) in [5.41, 5.74) is 0.355. The number of nitrogens with zero attached hydrogens (tertiary/aromatic N) is 1. The molecule has 0 aliphatic carbocycles. The number of benzene rings is 2. The number of methoxy groups -OCH3 is 1. The van der Waals surface area contributed by atoms with Crippen LogP contribution in [-0.2, 0) is 12.1 Å². The Bertz CT molecular complexity index is 759. The van der Waals surface area contributed by atoms with Crippen LogP contribution in [0.1, 0.15) is 36.8 Å². The SMILES string of the molecule is COc1c(F)cc(C2(O)CC3CCC(C2)N3Cc2ccccc2)cc1F. The Morgan fingerprint density at radius 1 is 1.08 bits per heavy atom. The highest BCUT2D eigenvalue weighted by Crippen LogP contribution is 2.47. The predicted molar refractivity (Wildman–Crippen MR) is 94.8 cm³/mol. The lowest BCUT2D eigenvalue weighted by molar-refractivity contribution is -0.0598. The Morgan fingerprint density at radius 2 is 1.65 bits per heavy atom. The van der Waals surface area contributed by atoms with E-state index >= 15 is 0 Å². The van der Waals surface area contributed by atoms with E-state index in [-0.39, 0.29) is 12.1 Å². The van der Waals surface area contributed by atoms with Gasteiger partial charge in [0.2, 0.25) is 0 Å². The van der Waals surface area contributed by atoms with Crippen LogP contribution in [0.3, 0.4) is 0 Å². The van der Waals surface area contributed by atoms with Crippen molar-refractivity contribution in [2.24, 2.45) is 0 Å². The summed E-state index contributed by atoms with van der Waals surface area (Å²) in [5.74, 6) is -1.94. The smallest absolute Gasteiger partial charge is 0.190 e. The van der Waals surface area contributed by atoms with Gasteiger partial charge in [-0.25, -0.2) is 8.78 Å². The molecule has 4 rings (SSSR count). The zero-order valence-corrected chi connectivity index (χ0v) is 14.8. The fourth-order valence-corrected chi connectivity index (χ4v) is 4.63. The maximum absolute atomic E-state index is 14.1. The monoisotopic (exact) mass is 359 g/mol. The van der Waals surface area contributed by atoms with Crippen LogP contribution in [0.15, 0.2) is 42.5 Å². The van der Waals surface area contributed by atoms with Gasteiger partial charge in [0.15, 0.2) is 17.4 Å². The summed E-state index contributed by atoms with van der Waals surface area (Å²) in [6, 6.07) is 13.1. The fraction of sp³-hybridized carbons (Fsp3) is 0.429. The largest absolute Gasteiger partial charge is 0.491 e. The minimum Gasteiger partial charge on any atom is -0.491 e. The van der Waals surface area contributed by atoms with E-state index in [0.717, 1.165) is 19.4 Å². The number of rotatable bonds is 4. The Balaban J connectivity index is 1.58. The average molecular weight is 359 g/mol. The van der Waals surface area contributed by atoms with Gasteiger partial charge < -0.3 is 9.84 Å². The third-order valence-corrected chi connectivity index (χ3v) is 5.87. The molecule has 2 saturated heterocycles. The van der Waals surface area contributed by atoms with Gasteiger partial charge >= 0.3 is 0 Å². The van der Waals surface area contributed by atoms with E-state index in [2.05, 4.69) is 17.0 Å². The molecular formula is C21H23F2NO2. The molecule has 2 aliphatic heterocycles. The topological polar surface area (TPSA) is 32.7 Å². The molecule has 0 saturated carbocycles. The number of piperidine rings is 1. The zero-order chi connectivity index (χ0) is 18.3. The maximum Gasteiger partial charge on any atom is 0.190 e. The third-order valence-electron chi connectivity index (χ3n) is 5.87. The standard InChI is InChI=1S/C21H23F2NO2/c1-26-20-18(22)9-15(10-19(20)23)21(25)11-16-7-8-17(12-21)24(16)13-14-5-3-2-4-6-14/h2-6,9-10,16-17,25H,7-8,11-13H2,1H3. The lowest BCUT2D eigenvalue weighted by atomic mass is 9.80. The van der Waals surface area contributed by atoms with Gasteiger partial charge in [0.1, 0.15) is 0 Å². The molecule has 138 valence electrons. The Morgan fingerprint density at radius 3 is 2.19 bits per heavy atom. The second-order valence-electron chi connectivity index (χ2n) is 7.46. The van der Waals surface area contributed by atoms with Crippen molar-refractivity contribution in [3.8, 4) is 5.75 Å². The molecule has 3 nitrogen and oxygen atoms in total. The molecular weight excluding hydrogens is 336 g/mol. The Labute approximate surface area is 152 Å². The molecule has 0 amide bonds. The van der Waals surface area contributed by atoms with E-state index in [4.69, 9.17) is 4.74 Å². The number of fused-ring (bicyclic) bond motifs is 2. The van der Waals surface area contributed by atoms with Gasteiger partial charge in [-0.15, -0.1) is 0 Å². The van der Waals surface area contributed by atoms with Crippen LogP contribution in [0.25, 0.3) is 0 Å². The highest BCUT2D eigenvalue weighted by atomic mass is 19.1. The molecule has 2 heterocycles. The summed E-state index contributed by atoms with van der Waals surface area (Å²) in [7, 11) is 1.23. The molecule has 2 atom stereocenters. The summed E-state index contributed by atoms with van der Waals surface area (Å²) in [5, 5.41) is 11.2. The van der Waals surface area contributed by atoms with Gasteiger partial charge in [-0.05, 0) is 48.9 Å². The second kappa shape index (κ2) is 6.63. The molecule has 2 fully saturated rings. The van der Waals surface area contributed by atoms with E-state index in [1.165, 1.54) is 24.8 Å². The van der Waals surface area contributed by atoms with Gasteiger partial charge in [0, 0.05) is 18.6 Å². The fourth-order valence-electron chi connectivity index (χ4n) is 4.63. The van der Waals surface area contributed by atoms with Gasteiger partial charge in [0.05, 0.1) is 12.7 Å². The quantitative estimate of drug-likeness (QED) is 0.896. The van der Waals surface area contributed by atoms with Crippen LogP contribution in [0.2, 0.25) is 0 Å².